The largest absolute Gasteiger partial charge is 0.472 e. The topological polar surface area (TPSA) is 237 Å². The SMILES string of the molecule is CCCCCCCCCCCCCCCCCCCCCC(=O)OC[C@H](COP(=O)(O)OC[C@@H](O)COP(=O)(O)OC[C@@H](COC(=O)CCCCCCCCC(C)CC)OC(=O)CCCCCCCCCCC(C)C)OC(=O)CCCCCCCCCCCCCCCCCCC(C)C. The maximum Gasteiger partial charge on any atom is 0.472 e. The first-order valence-corrected chi connectivity index (χ1v) is 44.4. The van der Waals surface area contributed by atoms with Gasteiger partial charge in [-0.3, -0.25) is 37.3 Å². The van der Waals surface area contributed by atoms with Crippen LogP contribution in [0.4, 0.5) is 0 Å². The Morgan fingerprint density at radius 3 is 0.768 bits per heavy atom. The van der Waals surface area contributed by atoms with E-state index >= 15 is 0 Å². The molecule has 588 valence electrons. The zero-order valence-electron chi connectivity index (χ0n) is 65.0. The molecule has 0 saturated carbocycles. The van der Waals surface area contributed by atoms with Gasteiger partial charge in [0.25, 0.3) is 0 Å². The van der Waals surface area contributed by atoms with E-state index in [0.717, 1.165) is 114 Å². The fraction of sp³-hybridized carbons (Fsp3) is 0.950. The average molecular weight is 1450 g/mol. The predicted octanol–water partition coefficient (Wildman–Crippen LogP) is 23.7. The van der Waals surface area contributed by atoms with E-state index in [1.807, 2.05) is 0 Å². The van der Waals surface area contributed by atoms with Crippen LogP contribution < -0.4 is 0 Å². The molecule has 0 aromatic heterocycles. The van der Waals surface area contributed by atoms with Crippen LogP contribution in [0.5, 0.6) is 0 Å². The summed E-state index contributed by atoms with van der Waals surface area (Å²) >= 11 is 0. The lowest BCUT2D eigenvalue weighted by Gasteiger charge is -2.21. The van der Waals surface area contributed by atoms with Crippen molar-refractivity contribution in [3.63, 3.8) is 0 Å². The van der Waals surface area contributed by atoms with Crippen LogP contribution in [0.15, 0.2) is 0 Å². The van der Waals surface area contributed by atoms with E-state index < -0.39 is 97.5 Å². The molecule has 0 aliphatic rings. The van der Waals surface area contributed by atoms with E-state index in [9.17, 15) is 43.2 Å². The van der Waals surface area contributed by atoms with E-state index in [4.69, 9.17) is 37.0 Å². The number of carbonyl (C=O) groups is 4. The Kier molecular flexibility index (Phi) is 69.0. The number of aliphatic hydroxyl groups excluding tert-OH is 1. The Morgan fingerprint density at radius 1 is 0.293 bits per heavy atom. The highest BCUT2D eigenvalue weighted by molar-refractivity contribution is 7.47. The summed E-state index contributed by atoms with van der Waals surface area (Å²) in [6, 6.07) is 0. The fourth-order valence-electron chi connectivity index (χ4n) is 12.3. The number of carbonyl (C=O) groups excluding carboxylic acids is 4. The molecule has 19 heteroatoms. The van der Waals surface area contributed by atoms with Gasteiger partial charge in [-0.25, -0.2) is 9.13 Å². The number of hydrogen-bond acceptors (Lipinski definition) is 15. The van der Waals surface area contributed by atoms with Crippen LogP contribution in [-0.2, 0) is 65.4 Å². The van der Waals surface area contributed by atoms with Crippen molar-refractivity contribution in [3.8, 4) is 0 Å². The summed E-state index contributed by atoms with van der Waals surface area (Å²) in [7, 11) is -9.92. The maximum absolute atomic E-state index is 13.1. The van der Waals surface area contributed by atoms with Gasteiger partial charge in [0.1, 0.15) is 19.3 Å². The van der Waals surface area contributed by atoms with Gasteiger partial charge < -0.3 is 33.8 Å². The Bertz CT molecular complexity index is 1920. The summed E-state index contributed by atoms with van der Waals surface area (Å²) in [4.78, 5) is 72.9. The quantitative estimate of drug-likeness (QED) is 0.0222. The van der Waals surface area contributed by atoms with Gasteiger partial charge in [0, 0.05) is 25.7 Å². The summed E-state index contributed by atoms with van der Waals surface area (Å²) < 4.78 is 68.6. The molecular weight excluding hydrogens is 1290 g/mol. The number of phosphoric acid groups is 2. The lowest BCUT2D eigenvalue weighted by molar-refractivity contribution is -0.161. The van der Waals surface area contributed by atoms with Crippen LogP contribution in [0.3, 0.4) is 0 Å². The normalized spacial score (nSPS) is 14.3. The minimum absolute atomic E-state index is 0.104. The number of hydrogen-bond donors (Lipinski definition) is 3. The van der Waals surface area contributed by atoms with Crippen molar-refractivity contribution in [3.05, 3.63) is 0 Å². The van der Waals surface area contributed by atoms with Crippen LogP contribution in [0.25, 0.3) is 0 Å². The number of unbranched alkanes of at least 4 members (excludes halogenated alkanes) is 45. The van der Waals surface area contributed by atoms with Gasteiger partial charge in [0.05, 0.1) is 26.4 Å². The third-order valence-electron chi connectivity index (χ3n) is 19.0. The Balaban J connectivity index is 5.22. The van der Waals surface area contributed by atoms with Gasteiger partial charge in [-0.1, -0.05) is 363 Å². The van der Waals surface area contributed by atoms with Crippen LogP contribution in [0.1, 0.15) is 414 Å². The van der Waals surface area contributed by atoms with Crippen LogP contribution >= 0.6 is 15.6 Å². The molecule has 6 atom stereocenters. The minimum atomic E-state index is -4.96. The van der Waals surface area contributed by atoms with Crippen molar-refractivity contribution >= 4 is 39.5 Å². The first-order valence-electron chi connectivity index (χ1n) is 41.4. The van der Waals surface area contributed by atoms with Crippen LogP contribution in [0.2, 0.25) is 0 Å². The molecule has 0 aliphatic heterocycles. The van der Waals surface area contributed by atoms with Crippen molar-refractivity contribution < 1.29 is 80.2 Å². The Hall–Kier alpha value is -1.94. The second-order valence-corrected chi connectivity index (χ2v) is 32.9. The number of aliphatic hydroxyl groups is 1. The molecule has 0 bridgehead atoms. The van der Waals surface area contributed by atoms with Crippen molar-refractivity contribution in [2.24, 2.45) is 17.8 Å². The summed E-state index contributed by atoms with van der Waals surface area (Å²) in [6.45, 7) is 11.9. The first-order chi connectivity index (χ1) is 47.8. The molecule has 0 radical (unpaired) electrons. The van der Waals surface area contributed by atoms with Gasteiger partial charge in [-0.2, -0.15) is 0 Å². The van der Waals surface area contributed by atoms with Gasteiger partial charge in [-0.15, -0.1) is 0 Å². The zero-order valence-corrected chi connectivity index (χ0v) is 66.8. The summed E-state index contributed by atoms with van der Waals surface area (Å²) in [5.41, 5.74) is 0. The van der Waals surface area contributed by atoms with Gasteiger partial charge in [-0.05, 0) is 43.4 Å². The zero-order chi connectivity index (χ0) is 73.0. The average Bonchev–Trinajstić information content (AvgIpc) is 0.989. The molecule has 0 aliphatic carbocycles. The fourth-order valence-corrected chi connectivity index (χ4v) is 13.9. The molecule has 0 rings (SSSR count). The maximum atomic E-state index is 13.1. The highest BCUT2D eigenvalue weighted by Gasteiger charge is 2.30. The molecule has 0 aromatic rings. The number of phosphoric ester groups is 2. The lowest BCUT2D eigenvalue weighted by atomic mass is 10.00. The molecule has 0 aromatic carbocycles. The van der Waals surface area contributed by atoms with Gasteiger partial charge in [0.15, 0.2) is 12.2 Å². The van der Waals surface area contributed by atoms with Crippen molar-refractivity contribution in [1.29, 1.82) is 0 Å². The highest BCUT2D eigenvalue weighted by atomic mass is 31.2. The molecule has 17 nitrogen and oxygen atoms in total. The third-order valence-corrected chi connectivity index (χ3v) is 20.9. The molecule has 99 heavy (non-hydrogen) atoms. The Morgan fingerprint density at radius 2 is 0.515 bits per heavy atom. The van der Waals surface area contributed by atoms with Gasteiger partial charge >= 0.3 is 39.5 Å². The molecule has 3 N–H and O–H groups in total. The van der Waals surface area contributed by atoms with Crippen molar-refractivity contribution in [2.45, 2.75) is 433 Å². The van der Waals surface area contributed by atoms with E-state index in [2.05, 4.69) is 48.5 Å². The number of rotatable bonds is 78. The predicted molar refractivity (Wildman–Crippen MR) is 405 cm³/mol. The van der Waals surface area contributed by atoms with E-state index in [-0.39, 0.29) is 25.7 Å². The molecule has 0 fully saturated rings. The molecule has 0 heterocycles. The summed E-state index contributed by atoms with van der Waals surface area (Å²) in [5.74, 6) is 0.142. The summed E-state index contributed by atoms with van der Waals surface area (Å²) in [6.07, 6.45) is 58.5. The summed E-state index contributed by atoms with van der Waals surface area (Å²) in [5, 5.41) is 10.6. The molecule has 0 spiro atoms. The Labute approximate surface area is 607 Å². The lowest BCUT2D eigenvalue weighted by Crippen LogP contribution is -2.30. The van der Waals surface area contributed by atoms with Crippen LogP contribution in [0, 0.1) is 17.8 Å². The standard InChI is InChI=1S/C80H156O17P2/c1-8-10-11-12-13-14-15-16-17-18-19-20-24-27-30-33-39-47-54-61-77(82)90-67-75(96-79(84)63-56-49-40-34-31-28-25-22-21-23-26-29-32-37-44-51-58-71(3)4)69-94-98(86,87)92-65-74(81)66-93-99(88,89)95-70-76(68-91-78(83)62-55-48-43-42-46-53-60-73(7)9-2)97-80(85)64-57-50-41-36-35-38-45-52-59-72(5)6/h71-76,81H,8-70H2,1-7H3,(H,86,87)(H,88,89)/t73?,74-,75-,76-/m1/s1. The van der Waals surface area contributed by atoms with Crippen molar-refractivity contribution in [1.82, 2.24) is 0 Å². The molecule has 0 amide bonds. The highest BCUT2D eigenvalue weighted by Crippen LogP contribution is 2.45. The van der Waals surface area contributed by atoms with Crippen molar-refractivity contribution in [2.75, 3.05) is 39.6 Å². The number of ether oxygens (including phenoxy) is 4. The van der Waals surface area contributed by atoms with Crippen LogP contribution in [-0.4, -0.2) is 96.7 Å². The number of esters is 4. The minimum Gasteiger partial charge on any atom is -0.462 e. The third kappa shape index (κ3) is 72.8. The second-order valence-electron chi connectivity index (χ2n) is 30.0. The molecule has 0 saturated heterocycles. The molecule has 3 unspecified atom stereocenters. The first kappa shape index (κ1) is 97.1. The van der Waals surface area contributed by atoms with E-state index in [1.54, 1.807) is 0 Å². The monoisotopic (exact) mass is 1450 g/mol. The smallest absolute Gasteiger partial charge is 0.462 e. The van der Waals surface area contributed by atoms with E-state index in [0.29, 0.717) is 25.7 Å². The second kappa shape index (κ2) is 70.4. The molecular formula is C80H156O17P2. The van der Waals surface area contributed by atoms with Gasteiger partial charge in [0.2, 0.25) is 0 Å². The van der Waals surface area contributed by atoms with E-state index in [1.165, 1.54) is 218 Å².